The van der Waals surface area contributed by atoms with Crippen LogP contribution in [-0.2, 0) is 21.4 Å². The number of ether oxygens (including phenoxy) is 1. The zero-order valence-electron chi connectivity index (χ0n) is 11.1. The fraction of sp³-hybridized carbons (Fsp3) is 0.727. The number of H-pyrrole nitrogens is 1. The minimum atomic E-state index is -3.68. The van der Waals surface area contributed by atoms with Gasteiger partial charge in [0.15, 0.2) is 5.03 Å². The van der Waals surface area contributed by atoms with Crippen LogP contribution in [0.25, 0.3) is 0 Å². The maximum Gasteiger partial charge on any atom is 0.262 e. The molecule has 0 radical (unpaired) electrons. The van der Waals surface area contributed by atoms with E-state index in [9.17, 15) is 13.5 Å². The third-order valence-corrected chi connectivity index (χ3v) is 5.29. The second kappa shape index (κ2) is 5.58. The van der Waals surface area contributed by atoms with Crippen LogP contribution in [0.5, 0.6) is 0 Å². The molecule has 1 aliphatic heterocycles. The Kier molecular flexibility index (Phi) is 4.24. The first kappa shape index (κ1) is 14.4. The van der Waals surface area contributed by atoms with Crippen LogP contribution >= 0.6 is 0 Å². The number of hydrogen-bond acceptors (Lipinski definition) is 5. The van der Waals surface area contributed by atoms with Gasteiger partial charge in [-0.1, -0.05) is 0 Å². The number of aliphatic hydroxyl groups excluding tert-OH is 1. The highest BCUT2D eigenvalue weighted by Crippen LogP contribution is 2.24. The van der Waals surface area contributed by atoms with E-state index in [4.69, 9.17) is 4.74 Å². The van der Waals surface area contributed by atoms with Gasteiger partial charge in [-0.25, -0.2) is 8.42 Å². The predicted molar refractivity (Wildman–Crippen MR) is 68.0 cm³/mol. The fourth-order valence-corrected chi connectivity index (χ4v) is 3.93. The van der Waals surface area contributed by atoms with E-state index in [2.05, 4.69) is 10.2 Å². The summed E-state index contributed by atoms with van der Waals surface area (Å²) in [7, 11) is -2.09. The van der Waals surface area contributed by atoms with Crippen molar-refractivity contribution in [2.24, 2.45) is 0 Å². The van der Waals surface area contributed by atoms with Gasteiger partial charge >= 0.3 is 0 Å². The maximum atomic E-state index is 12.5. The van der Waals surface area contributed by atoms with E-state index < -0.39 is 10.0 Å². The predicted octanol–water partition coefficient (Wildman–Crippen LogP) is 0.00992. The third-order valence-electron chi connectivity index (χ3n) is 3.45. The summed E-state index contributed by atoms with van der Waals surface area (Å²) in [6.07, 6.45) is 1.53. The van der Waals surface area contributed by atoms with Gasteiger partial charge in [-0.2, -0.15) is 9.40 Å². The summed E-state index contributed by atoms with van der Waals surface area (Å²) in [6, 6.07) is 0. The number of aromatic amines is 1. The first-order valence-electron chi connectivity index (χ1n) is 6.18. The van der Waals surface area contributed by atoms with Crippen LogP contribution in [0.3, 0.4) is 0 Å². The van der Waals surface area contributed by atoms with Gasteiger partial charge in [0.2, 0.25) is 0 Å². The van der Waals surface area contributed by atoms with Crippen molar-refractivity contribution in [2.75, 3.05) is 20.2 Å². The lowest BCUT2D eigenvalue weighted by Gasteiger charge is -2.30. The number of nitrogens with one attached hydrogen (secondary N) is 1. The summed E-state index contributed by atoms with van der Waals surface area (Å²) in [5, 5.41) is 15.6. The molecule has 7 nitrogen and oxygen atoms in total. The molecule has 0 amide bonds. The first-order chi connectivity index (χ1) is 9.00. The quantitative estimate of drug-likeness (QED) is 0.814. The second-order valence-corrected chi connectivity index (χ2v) is 6.51. The molecule has 1 saturated heterocycles. The number of aryl methyl sites for hydroxylation is 1. The minimum absolute atomic E-state index is 0.0794. The summed E-state index contributed by atoms with van der Waals surface area (Å²) in [5.41, 5.74) is 0.904. The van der Waals surface area contributed by atoms with Gasteiger partial charge in [-0.05, 0) is 19.8 Å². The molecular weight excluding hydrogens is 270 g/mol. The number of aromatic nitrogens is 2. The van der Waals surface area contributed by atoms with Crippen molar-refractivity contribution in [1.29, 1.82) is 0 Å². The van der Waals surface area contributed by atoms with Crippen LogP contribution in [0, 0.1) is 6.92 Å². The largest absolute Gasteiger partial charge is 0.392 e. The van der Waals surface area contributed by atoms with Crippen molar-refractivity contribution < 1.29 is 18.3 Å². The van der Waals surface area contributed by atoms with Crippen molar-refractivity contribution >= 4 is 10.0 Å². The highest BCUT2D eigenvalue weighted by atomic mass is 32.2. The van der Waals surface area contributed by atoms with E-state index >= 15 is 0 Å². The first-order valence-corrected chi connectivity index (χ1v) is 7.62. The number of sulfonamides is 1. The van der Waals surface area contributed by atoms with Gasteiger partial charge < -0.3 is 9.84 Å². The molecule has 1 fully saturated rings. The van der Waals surface area contributed by atoms with E-state index in [-0.39, 0.29) is 17.7 Å². The molecule has 0 aliphatic carbocycles. The number of piperidine rings is 1. The van der Waals surface area contributed by atoms with Crippen molar-refractivity contribution in [3.8, 4) is 0 Å². The summed E-state index contributed by atoms with van der Waals surface area (Å²) in [5.74, 6) is 0. The van der Waals surface area contributed by atoms with Gasteiger partial charge in [0, 0.05) is 31.5 Å². The number of aliphatic hydroxyl groups is 1. The monoisotopic (exact) mass is 289 g/mol. The fourth-order valence-electron chi connectivity index (χ4n) is 2.27. The van der Waals surface area contributed by atoms with Gasteiger partial charge in [-0.15, -0.1) is 0 Å². The van der Waals surface area contributed by atoms with E-state index in [1.807, 2.05) is 0 Å². The van der Waals surface area contributed by atoms with Crippen LogP contribution in [0.4, 0.5) is 0 Å². The normalized spacial score (nSPS) is 21.7. The summed E-state index contributed by atoms with van der Waals surface area (Å²) < 4.78 is 31.6. The van der Waals surface area contributed by atoms with Crippen molar-refractivity contribution in [3.05, 3.63) is 11.3 Å². The Morgan fingerprint density at radius 3 is 2.95 bits per heavy atom. The molecule has 0 saturated carbocycles. The Morgan fingerprint density at radius 1 is 1.58 bits per heavy atom. The van der Waals surface area contributed by atoms with Crippen LogP contribution in [-0.4, -0.2) is 54.3 Å². The molecule has 0 aromatic carbocycles. The third kappa shape index (κ3) is 2.66. The molecule has 1 aromatic rings. The average Bonchev–Trinajstić information content (AvgIpc) is 2.80. The molecule has 2 rings (SSSR count). The Hall–Kier alpha value is -0.960. The average molecular weight is 289 g/mol. The highest BCUT2D eigenvalue weighted by Gasteiger charge is 2.34. The molecule has 0 spiro atoms. The van der Waals surface area contributed by atoms with Crippen LogP contribution < -0.4 is 0 Å². The van der Waals surface area contributed by atoms with Crippen molar-refractivity contribution in [1.82, 2.24) is 14.5 Å². The SMILES string of the molecule is COC1CCCN(S(=O)(=O)c2n[nH]c(C)c2CO)C1. The number of nitrogens with zero attached hydrogens (tertiary/aromatic N) is 2. The number of rotatable bonds is 4. The smallest absolute Gasteiger partial charge is 0.262 e. The van der Waals surface area contributed by atoms with Crippen LogP contribution in [0.15, 0.2) is 5.03 Å². The van der Waals surface area contributed by atoms with E-state index in [1.54, 1.807) is 14.0 Å². The molecule has 108 valence electrons. The molecule has 8 heteroatoms. The lowest BCUT2D eigenvalue weighted by atomic mass is 10.1. The van der Waals surface area contributed by atoms with Gasteiger partial charge in [0.25, 0.3) is 10.0 Å². The van der Waals surface area contributed by atoms with Gasteiger partial charge in [0.05, 0.1) is 12.7 Å². The molecule has 2 heterocycles. The van der Waals surface area contributed by atoms with E-state index in [0.717, 1.165) is 12.8 Å². The molecule has 1 aliphatic rings. The van der Waals surface area contributed by atoms with Crippen LogP contribution in [0.2, 0.25) is 0 Å². The summed E-state index contributed by atoms with van der Waals surface area (Å²) in [6.45, 7) is 2.12. The summed E-state index contributed by atoms with van der Waals surface area (Å²) >= 11 is 0. The maximum absolute atomic E-state index is 12.5. The van der Waals surface area contributed by atoms with Gasteiger partial charge in [-0.3, -0.25) is 5.10 Å². The van der Waals surface area contributed by atoms with E-state index in [0.29, 0.717) is 24.3 Å². The van der Waals surface area contributed by atoms with Gasteiger partial charge in [0.1, 0.15) is 0 Å². The van der Waals surface area contributed by atoms with Crippen molar-refractivity contribution in [3.63, 3.8) is 0 Å². The molecule has 1 aromatic heterocycles. The van der Waals surface area contributed by atoms with Crippen molar-refractivity contribution in [2.45, 2.75) is 37.5 Å². The van der Waals surface area contributed by atoms with Crippen LogP contribution in [0.1, 0.15) is 24.1 Å². The minimum Gasteiger partial charge on any atom is -0.392 e. The lowest BCUT2D eigenvalue weighted by Crippen LogP contribution is -2.43. The second-order valence-electron chi connectivity index (χ2n) is 4.65. The molecular formula is C11H19N3O4S. The Labute approximate surface area is 112 Å². The lowest BCUT2D eigenvalue weighted by molar-refractivity contribution is 0.0571. The molecule has 2 N–H and O–H groups in total. The Balaban J connectivity index is 2.31. The summed E-state index contributed by atoms with van der Waals surface area (Å²) in [4.78, 5) is 0. The molecule has 1 atom stereocenters. The number of hydrogen-bond donors (Lipinski definition) is 2. The topological polar surface area (TPSA) is 95.5 Å². The zero-order valence-corrected chi connectivity index (χ0v) is 11.9. The standard InChI is InChI=1S/C11H19N3O4S/c1-8-10(7-15)11(13-12-8)19(16,17)14-5-3-4-9(6-14)18-2/h9,15H,3-7H2,1-2H3,(H,12,13). The molecule has 19 heavy (non-hydrogen) atoms. The number of methoxy groups -OCH3 is 1. The Bertz CT molecular complexity index is 540. The Morgan fingerprint density at radius 2 is 2.32 bits per heavy atom. The zero-order chi connectivity index (χ0) is 14.0. The molecule has 0 bridgehead atoms. The highest BCUT2D eigenvalue weighted by molar-refractivity contribution is 7.89. The van der Waals surface area contributed by atoms with E-state index in [1.165, 1.54) is 4.31 Å². The molecule has 1 unspecified atom stereocenters.